The van der Waals surface area contributed by atoms with Gasteiger partial charge in [0.1, 0.15) is 5.82 Å². The van der Waals surface area contributed by atoms with E-state index in [0.717, 1.165) is 48.0 Å². The average Bonchev–Trinajstić information content (AvgIpc) is 3.37. The summed E-state index contributed by atoms with van der Waals surface area (Å²) in [5.41, 5.74) is 2.23. The fraction of sp³-hybridized carbons (Fsp3) is 0.350. The number of thiophene rings is 1. The van der Waals surface area contributed by atoms with Crippen molar-refractivity contribution in [1.29, 1.82) is 0 Å². The van der Waals surface area contributed by atoms with Crippen molar-refractivity contribution < 1.29 is 4.79 Å². The summed E-state index contributed by atoms with van der Waals surface area (Å²) in [6, 6.07) is 7.93. The molecule has 26 heavy (non-hydrogen) atoms. The second-order valence-electron chi connectivity index (χ2n) is 6.89. The first-order valence-electron chi connectivity index (χ1n) is 8.90. The molecule has 6 heteroatoms. The molecule has 1 amide bonds. The van der Waals surface area contributed by atoms with Gasteiger partial charge >= 0.3 is 0 Å². The summed E-state index contributed by atoms with van der Waals surface area (Å²) in [7, 11) is 0. The molecule has 4 heterocycles. The highest BCUT2D eigenvalue weighted by molar-refractivity contribution is 7.13. The number of amides is 1. The van der Waals surface area contributed by atoms with Gasteiger partial charge in [0.15, 0.2) is 0 Å². The van der Waals surface area contributed by atoms with Crippen molar-refractivity contribution in [2.24, 2.45) is 5.92 Å². The van der Waals surface area contributed by atoms with Crippen molar-refractivity contribution in [3.63, 3.8) is 0 Å². The van der Waals surface area contributed by atoms with E-state index < -0.39 is 0 Å². The smallest absolute Gasteiger partial charge is 0.263 e. The molecule has 134 valence electrons. The molecule has 0 aromatic carbocycles. The molecule has 3 aromatic rings. The lowest BCUT2D eigenvalue weighted by Crippen LogP contribution is -2.28. The number of carbonyl (C=O) groups excluding carboxylic acids is 1. The van der Waals surface area contributed by atoms with E-state index in [1.54, 1.807) is 23.7 Å². The van der Waals surface area contributed by atoms with Gasteiger partial charge in [-0.15, -0.1) is 11.3 Å². The van der Waals surface area contributed by atoms with Gasteiger partial charge < -0.3 is 9.47 Å². The monoisotopic (exact) mass is 366 g/mol. The van der Waals surface area contributed by atoms with E-state index in [0.29, 0.717) is 5.92 Å². The van der Waals surface area contributed by atoms with Crippen LogP contribution in [0.15, 0.2) is 42.9 Å². The van der Waals surface area contributed by atoms with Crippen LogP contribution in [0.25, 0.3) is 11.4 Å². The minimum Gasteiger partial charge on any atom is -0.338 e. The molecular formula is C20H22N4OS. The van der Waals surface area contributed by atoms with Gasteiger partial charge in [-0.1, -0.05) is 0 Å². The molecule has 5 nitrogen and oxygen atoms in total. The third-order valence-corrected chi connectivity index (χ3v) is 5.95. The first-order chi connectivity index (χ1) is 12.6. The number of hydrogen-bond acceptors (Lipinski definition) is 4. The SMILES string of the molecule is Cc1ccc(C(=O)N2CCC(Cn3c(C)cnc3-c3ccncc3)C2)s1. The molecule has 1 unspecified atom stereocenters. The molecule has 0 N–H and O–H groups in total. The van der Waals surface area contributed by atoms with Crippen LogP contribution in [0.3, 0.4) is 0 Å². The van der Waals surface area contributed by atoms with Gasteiger partial charge in [0.2, 0.25) is 0 Å². The predicted octanol–water partition coefficient (Wildman–Crippen LogP) is 3.79. The number of likely N-dealkylation sites (tertiary alicyclic amines) is 1. The normalized spacial score (nSPS) is 17.0. The standard InChI is InChI=1S/C20H22N4OS/c1-14-11-22-19(17-5-8-21-9-6-17)24(14)13-16-7-10-23(12-16)20(25)18-4-3-15(2)26-18/h3-6,8-9,11,16H,7,10,12-13H2,1-2H3. The Labute approximate surface area is 157 Å². The molecule has 0 spiro atoms. The van der Waals surface area contributed by atoms with E-state index in [4.69, 9.17) is 0 Å². The maximum absolute atomic E-state index is 12.7. The largest absolute Gasteiger partial charge is 0.338 e. The van der Waals surface area contributed by atoms with Crippen LogP contribution in [0.2, 0.25) is 0 Å². The maximum atomic E-state index is 12.7. The van der Waals surface area contributed by atoms with Crippen LogP contribution in [0.4, 0.5) is 0 Å². The summed E-state index contributed by atoms with van der Waals surface area (Å²) in [5, 5.41) is 0. The van der Waals surface area contributed by atoms with Crippen LogP contribution in [0.5, 0.6) is 0 Å². The Hall–Kier alpha value is -2.47. The van der Waals surface area contributed by atoms with Crippen LogP contribution in [-0.4, -0.2) is 38.4 Å². The van der Waals surface area contributed by atoms with E-state index in [1.807, 2.05) is 42.3 Å². The lowest BCUT2D eigenvalue weighted by atomic mass is 10.1. The van der Waals surface area contributed by atoms with E-state index >= 15 is 0 Å². The first-order valence-corrected chi connectivity index (χ1v) is 9.71. The van der Waals surface area contributed by atoms with Crippen molar-refractivity contribution in [3.05, 3.63) is 58.3 Å². The average molecular weight is 366 g/mol. The van der Waals surface area contributed by atoms with E-state index in [2.05, 4.69) is 21.5 Å². The molecule has 3 aromatic heterocycles. The second-order valence-corrected chi connectivity index (χ2v) is 8.17. The first kappa shape index (κ1) is 17.0. The van der Waals surface area contributed by atoms with Crippen molar-refractivity contribution in [2.45, 2.75) is 26.8 Å². The molecule has 0 saturated carbocycles. The molecule has 1 fully saturated rings. The number of imidazole rings is 1. The lowest BCUT2D eigenvalue weighted by Gasteiger charge is -2.17. The van der Waals surface area contributed by atoms with E-state index in [9.17, 15) is 4.79 Å². The number of hydrogen-bond donors (Lipinski definition) is 0. The van der Waals surface area contributed by atoms with Gasteiger partial charge in [-0.2, -0.15) is 0 Å². The van der Waals surface area contributed by atoms with Crippen LogP contribution in [0.1, 0.15) is 26.7 Å². The van der Waals surface area contributed by atoms with Crippen LogP contribution < -0.4 is 0 Å². The number of nitrogens with zero attached hydrogens (tertiary/aromatic N) is 4. The van der Waals surface area contributed by atoms with Crippen LogP contribution in [-0.2, 0) is 6.54 Å². The lowest BCUT2D eigenvalue weighted by molar-refractivity contribution is 0.0791. The molecule has 1 aliphatic rings. The van der Waals surface area contributed by atoms with E-state index in [-0.39, 0.29) is 5.91 Å². The highest BCUT2D eigenvalue weighted by Crippen LogP contribution is 2.26. The molecule has 1 aliphatic heterocycles. The Morgan fingerprint density at radius 2 is 2.04 bits per heavy atom. The zero-order chi connectivity index (χ0) is 18.1. The molecule has 0 bridgehead atoms. The topological polar surface area (TPSA) is 51.0 Å². The van der Waals surface area contributed by atoms with Crippen molar-refractivity contribution in [1.82, 2.24) is 19.4 Å². The third kappa shape index (κ3) is 3.29. The summed E-state index contributed by atoms with van der Waals surface area (Å²) in [4.78, 5) is 25.4. The minimum absolute atomic E-state index is 0.169. The third-order valence-electron chi connectivity index (χ3n) is 4.96. The Morgan fingerprint density at radius 1 is 1.23 bits per heavy atom. The highest BCUT2D eigenvalue weighted by Gasteiger charge is 2.28. The van der Waals surface area contributed by atoms with Gasteiger partial charge in [-0.25, -0.2) is 4.98 Å². The minimum atomic E-state index is 0.169. The maximum Gasteiger partial charge on any atom is 0.263 e. The number of carbonyl (C=O) groups is 1. The highest BCUT2D eigenvalue weighted by atomic mass is 32.1. The number of rotatable bonds is 4. The quantitative estimate of drug-likeness (QED) is 0.706. The molecule has 4 rings (SSSR count). The van der Waals surface area contributed by atoms with Gasteiger partial charge in [-0.05, 0) is 50.5 Å². The van der Waals surface area contributed by atoms with Gasteiger partial charge in [0.05, 0.1) is 4.88 Å². The van der Waals surface area contributed by atoms with Gasteiger partial charge in [0, 0.05) is 54.4 Å². The zero-order valence-corrected chi connectivity index (χ0v) is 15.9. The van der Waals surface area contributed by atoms with Gasteiger partial charge in [0.25, 0.3) is 5.91 Å². The Kier molecular flexibility index (Phi) is 4.59. The molecule has 1 saturated heterocycles. The summed E-state index contributed by atoms with van der Waals surface area (Å²) < 4.78 is 2.27. The molecule has 0 aliphatic carbocycles. The van der Waals surface area contributed by atoms with Crippen LogP contribution in [0, 0.1) is 19.8 Å². The Bertz CT molecular complexity index is 915. The number of aromatic nitrogens is 3. The Morgan fingerprint density at radius 3 is 2.77 bits per heavy atom. The Balaban J connectivity index is 1.48. The van der Waals surface area contributed by atoms with Crippen LogP contribution >= 0.6 is 11.3 Å². The molecular weight excluding hydrogens is 344 g/mol. The molecule has 1 atom stereocenters. The predicted molar refractivity (Wildman–Crippen MR) is 103 cm³/mol. The fourth-order valence-corrected chi connectivity index (χ4v) is 4.39. The number of pyridine rings is 1. The van der Waals surface area contributed by atoms with E-state index in [1.165, 1.54) is 4.88 Å². The van der Waals surface area contributed by atoms with Crippen molar-refractivity contribution in [3.8, 4) is 11.4 Å². The summed E-state index contributed by atoms with van der Waals surface area (Å²) in [6.45, 7) is 6.65. The zero-order valence-electron chi connectivity index (χ0n) is 15.1. The summed E-state index contributed by atoms with van der Waals surface area (Å²) in [5.74, 6) is 1.60. The summed E-state index contributed by atoms with van der Waals surface area (Å²) in [6.07, 6.45) is 6.54. The van der Waals surface area contributed by atoms with Gasteiger partial charge in [-0.3, -0.25) is 9.78 Å². The van der Waals surface area contributed by atoms with Crippen molar-refractivity contribution in [2.75, 3.05) is 13.1 Å². The second kappa shape index (κ2) is 7.03. The van der Waals surface area contributed by atoms with Crippen molar-refractivity contribution >= 4 is 17.2 Å². The number of aryl methyl sites for hydroxylation is 2. The fourth-order valence-electron chi connectivity index (χ4n) is 3.55. The molecule has 0 radical (unpaired) electrons. The summed E-state index contributed by atoms with van der Waals surface area (Å²) >= 11 is 1.58.